The van der Waals surface area contributed by atoms with E-state index < -0.39 is 5.97 Å². The van der Waals surface area contributed by atoms with Crippen LogP contribution in [-0.4, -0.2) is 22.2 Å². The number of nitrogens with one attached hydrogen (secondary N) is 1. The van der Waals surface area contributed by atoms with Gasteiger partial charge in [0.25, 0.3) is 0 Å². The Morgan fingerprint density at radius 2 is 1.64 bits per heavy atom. The van der Waals surface area contributed by atoms with E-state index in [9.17, 15) is 9.90 Å². The quantitative estimate of drug-likeness (QED) is 0.547. The Morgan fingerprint density at radius 3 is 2.25 bits per heavy atom. The van der Waals surface area contributed by atoms with Gasteiger partial charge in [0.15, 0.2) is 0 Å². The Morgan fingerprint density at radius 1 is 1.00 bits per heavy atom. The van der Waals surface area contributed by atoms with Crippen molar-refractivity contribution in [2.45, 2.75) is 33.7 Å². The third kappa shape index (κ3) is 4.29. The van der Waals surface area contributed by atoms with Gasteiger partial charge in [-0.25, -0.2) is 4.79 Å². The van der Waals surface area contributed by atoms with Gasteiger partial charge in [0.1, 0.15) is 0 Å². The zero-order valence-electron chi connectivity index (χ0n) is 16.4. The van der Waals surface area contributed by atoms with Crippen LogP contribution in [-0.2, 0) is 13.0 Å². The Labute approximate surface area is 170 Å². The van der Waals surface area contributed by atoms with Gasteiger partial charge < -0.3 is 15.0 Å². The van der Waals surface area contributed by atoms with Gasteiger partial charge in [-0.15, -0.1) is 0 Å². The van der Waals surface area contributed by atoms with Gasteiger partial charge >= 0.3 is 5.97 Å². The van der Waals surface area contributed by atoms with Gasteiger partial charge in [-0.1, -0.05) is 41.4 Å². The molecule has 4 nitrogen and oxygen atoms in total. The monoisotopic (exact) mass is 396 g/mol. The molecule has 146 valence electrons. The van der Waals surface area contributed by atoms with Crippen molar-refractivity contribution in [1.29, 1.82) is 0 Å². The summed E-state index contributed by atoms with van der Waals surface area (Å²) < 4.78 is 1.98. The summed E-state index contributed by atoms with van der Waals surface area (Å²) in [5, 5.41) is 13.8. The number of carboxylic acids is 1. The zero-order chi connectivity index (χ0) is 20.3. The first kappa shape index (κ1) is 20.2. The van der Waals surface area contributed by atoms with Gasteiger partial charge in [0.05, 0.1) is 5.56 Å². The van der Waals surface area contributed by atoms with Gasteiger partial charge in [-0.3, -0.25) is 0 Å². The molecule has 0 saturated carbocycles. The van der Waals surface area contributed by atoms with Crippen LogP contribution in [0.3, 0.4) is 0 Å². The molecule has 0 bridgehead atoms. The number of rotatable bonds is 7. The van der Waals surface area contributed by atoms with E-state index in [1.807, 2.05) is 42.7 Å². The van der Waals surface area contributed by atoms with Crippen LogP contribution in [0.4, 0.5) is 0 Å². The van der Waals surface area contributed by atoms with Crippen LogP contribution in [0.2, 0.25) is 5.02 Å². The number of aryl methyl sites for hydroxylation is 1. The number of carbonyl (C=O) groups is 1. The van der Waals surface area contributed by atoms with Crippen molar-refractivity contribution in [2.75, 3.05) is 6.54 Å². The van der Waals surface area contributed by atoms with Crippen molar-refractivity contribution < 1.29 is 9.90 Å². The highest BCUT2D eigenvalue weighted by atomic mass is 35.5. The van der Waals surface area contributed by atoms with E-state index in [1.165, 1.54) is 11.1 Å². The van der Waals surface area contributed by atoms with E-state index >= 15 is 0 Å². The summed E-state index contributed by atoms with van der Waals surface area (Å²) in [6.45, 7) is 7.19. The van der Waals surface area contributed by atoms with Crippen molar-refractivity contribution in [1.82, 2.24) is 9.88 Å². The maximum absolute atomic E-state index is 11.9. The molecule has 1 heterocycles. The van der Waals surface area contributed by atoms with Crippen molar-refractivity contribution in [3.8, 4) is 5.69 Å². The van der Waals surface area contributed by atoms with E-state index in [1.54, 1.807) is 0 Å². The molecule has 2 aromatic carbocycles. The normalized spacial score (nSPS) is 11.0. The minimum absolute atomic E-state index is 0.371. The molecule has 3 aromatic rings. The Bertz CT molecular complexity index is 973. The number of aromatic carboxylic acids is 1. The summed E-state index contributed by atoms with van der Waals surface area (Å²) in [6, 6.07) is 15.9. The first-order valence-electron chi connectivity index (χ1n) is 9.34. The molecule has 0 spiro atoms. The molecule has 5 heteroatoms. The molecule has 0 aliphatic carbocycles. The van der Waals surface area contributed by atoms with Gasteiger partial charge in [0, 0.05) is 34.2 Å². The lowest BCUT2D eigenvalue weighted by Crippen LogP contribution is -2.18. The summed E-state index contributed by atoms with van der Waals surface area (Å²) in [5.74, 6) is -0.899. The molecule has 0 saturated heterocycles. The standard InChI is InChI=1S/C23H25ClN2O2/c1-15-4-6-18(7-5-15)12-13-25-14-21-16(2)26(17(3)22(21)23(27)28)20-10-8-19(24)9-11-20/h4-11,25H,12-14H2,1-3H3,(H,27,28). The second-order valence-electron chi connectivity index (χ2n) is 7.05. The third-order valence-electron chi connectivity index (χ3n) is 5.08. The maximum Gasteiger partial charge on any atom is 0.337 e. The summed E-state index contributed by atoms with van der Waals surface area (Å²) >= 11 is 6.00. The minimum atomic E-state index is -0.899. The average Bonchev–Trinajstić information content (AvgIpc) is 2.91. The minimum Gasteiger partial charge on any atom is -0.478 e. The number of hydrogen-bond donors (Lipinski definition) is 2. The highest BCUT2D eigenvalue weighted by Gasteiger charge is 2.23. The fraction of sp³-hybridized carbons (Fsp3) is 0.261. The lowest BCUT2D eigenvalue weighted by atomic mass is 10.1. The van der Waals surface area contributed by atoms with E-state index in [-0.39, 0.29) is 0 Å². The molecule has 1 aromatic heterocycles. The second kappa shape index (κ2) is 8.63. The number of hydrogen-bond acceptors (Lipinski definition) is 2. The van der Waals surface area contributed by atoms with Gasteiger partial charge in [-0.05, 0) is 63.6 Å². The topological polar surface area (TPSA) is 54.3 Å². The van der Waals surface area contributed by atoms with Crippen molar-refractivity contribution in [3.05, 3.63) is 87.2 Å². The van der Waals surface area contributed by atoms with E-state index in [4.69, 9.17) is 11.6 Å². The van der Waals surface area contributed by atoms with Gasteiger partial charge in [0.2, 0.25) is 0 Å². The SMILES string of the molecule is Cc1ccc(CCNCc2c(C(=O)O)c(C)n(-c3ccc(Cl)cc3)c2C)cc1. The summed E-state index contributed by atoms with van der Waals surface area (Å²) in [4.78, 5) is 11.9. The molecule has 0 aliphatic rings. The summed E-state index contributed by atoms with van der Waals surface area (Å²) in [7, 11) is 0. The van der Waals surface area contributed by atoms with Crippen LogP contribution in [0, 0.1) is 20.8 Å². The van der Waals surface area contributed by atoms with E-state index in [0.717, 1.165) is 35.6 Å². The smallest absolute Gasteiger partial charge is 0.337 e. The molecule has 0 fully saturated rings. The number of benzene rings is 2. The summed E-state index contributed by atoms with van der Waals surface area (Å²) in [6.07, 6.45) is 0.901. The molecule has 0 aliphatic heterocycles. The van der Waals surface area contributed by atoms with Crippen molar-refractivity contribution in [3.63, 3.8) is 0 Å². The number of nitrogens with zero attached hydrogens (tertiary/aromatic N) is 1. The average molecular weight is 397 g/mol. The molecular weight excluding hydrogens is 372 g/mol. The Balaban J connectivity index is 1.79. The first-order chi connectivity index (χ1) is 13.4. The van der Waals surface area contributed by atoms with Crippen LogP contribution in [0.25, 0.3) is 5.69 Å². The van der Waals surface area contributed by atoms with Crippen LogP contribution in [0.15, 0.2) is 48.5 Å². The second-order valence-corrected chi connectivity index (χ2v) is 7.49. The lowest BCUT2D eigenvalue weighted by molar-refractivity contribution is 0.0695. The van der Waals surface area contributed by atoms with Crippen molar-refractivity contribution in [2.24, 2.45) is 0 Å². The molecule has 3 rings (SSSR count). The molecule has 0 amide bonds. The molecule has 28 heavy (non-hydrogen) atoms. The third-order valence-corrected chi connectivity index (χ3v) is 5.33. The molecule has 0 radical (unpaired) electrons. The van der Waals surface area contributed by atoms with Crippen LogP contribution < -0.4 is 5.32 Å². The van der Waals surface area contributed by atoms with Crippen LogP contribution in [0.1, 0.15) is 38.4 Å². The fourth-order valence-electron chi connectivity index (χ4n) is 3.58. The molecule has 0 atom stereocenters. The lowest BCUT2D eigenvalue weighted by Gasteiger charge is -2.10. The highest BCUT2D eigenvalue weighted by Crippen LogP contribution is 2.27. The predicted octanol–water partition coefficient (Wildman–Crippen LogP) is 5.09. The largest absolute Gasteiger partial charge is 0.478 e. The molecular formula is C23H25ClN2O2. The first-order valence-corrected chi connectivity index (χ1v) is 9.72. The Hall–Kier alpha value is -2.56. The summed E-state index contributed by atoms with van der Waals surface area (Å²) in [5.41, 5.74) is 6.27. The van der Waals surface area contributed by atoms with Crippen molar-refractivity contribution >= 4 is 17.6 Å². The maximum atomic E-state index is 11.9. The van der Waals surface area contributed by atoms with Gasteiger partial charge in [-0.2, -0.15) is 0 Å². The van der Waals surface area contributed by atoms with E-state index in [2.05, 4.69) is 36.5 Å². The molecule has 2 N–H and O–H groups in total. The number of aromatic nitrogens is 1. The fourth-order valence-corrected chi connectivity index (χ4v) is 3.70. The van der Waals surface area contributed by atoms with Crippen LogP contribution in [0.5, 0.6) is 0 Å². The number of carboxylic acid groups (broad SMARTS) is 1. The predicted molar refractivity (Wildman–Crippen MR) is 114 cm³/mol. The zero-order valence-corrected chi connectivity index (χ0v) is 17.2. The van der Waals surface area contributed by atoms with E-state index in [0.29, 0.717) is 17.1 Å². The Kier molecular flexibility index (Phi) is 6.22. The highest BCUT2D eigenvalue weighted by molar-refractivity contribution is 6.30. The number of halogens is 1. The van der Waals surface area contributed by atoms with Crippen LogP contribution >= 0.6 is 11.6 Å². The molecule has 0 unspecified atom stereocenters.